The van der Waals surface area contributed by atoms with Gasteiger partial charge in [-0.05, 0) is 30.2 Å². The number of H-pyrrole nitrogens is 1. The molecule has 0 bridgehead atoms. The molecule has 0 aliphatic rings. The lowest BCUT2D eigenvalue weighted by Crippen LogP contribution is -2.33. The standard InChI is InChI=1S/C21H23N3O6/c1-11(2)10-24-18-17(19(25)23-21(24)27)13(20(26)30-5)9-14(22-18)12-6-7-15(28-3)16(8-12)29-4/h6-9,11H,10H2,1-5H3,(H,23,25,27). The summed E-state index contributed by atoms with van der Waals surface area (Å²) in [5.74, 6) is 0.402. The average molecular weight is 413 g/mol. The molecule has 0 aliphatic carbocycles. The van der Waals surface area contributed by atoms with Crippen molar-refractivity contribution in [3.05, 3.63) is 50.7 Å². The first-order valence-electron chi connectivity index (χ1n) is 9.29. The lowest BCUT2D eigenvalue weighted by molar-refractivity contribution is 0.0603. The molecule has 0 aliphatic heterocycles. The first kappa shape index (κ1) is 21.1. The summed E-state index contributed by atoms with van der Waals surface area (Å²) in [6, 6.07) is 6.62. The molecule has 0 unspecified atom stereocenters. The van der Waals surface area contributed by atoms with E-state index in [4.69, 9.17) is 14.2 Å². The Bertz CT molecular complexity index is 1230. The number of hydrogen-bond acceptors (Lipinski definition) is 7. The van der Waals surface area contributed by atoms with Crippen LogP contribution < -0.4 is 20.7 Å². The number of ether oxygens (including phenoxy) is 3. The molecule has 9 heteroatoms. The molecule has 2 heterocycles. The van der Waals surface area contributed by atoms with Gasteiger partial charge in [-0.2, -0.15) is 0 Å². The largest absolute Gasteiger partial charge is 0.493 e. The molecular formula is C21H23N3O6. The molecule has 0 fully saturated rings. The number of fused-ring (bicyclic) bond motifs is 1. The van der Waals surface area contributed by atoms with Gasteiger partial charge >= 0.3 is 11.7 Å². The second kappa shape index (κ2) is 8.40. The molecule has 3 rings (SSSR count). The third-order valence-corrected chi connectivity index (χ3v) is 4.58. The number of aromatic nitrogens is 3. The van der Waals surface area contributed by atoms with E-state index >= 15 is 0 Å². The van der Waals surface area contributed by atoms with Gasteiger partial charge in [0.25, 0.3) is 5.56 Å². The van der Waals surface area contributed by atoms with Crippen LogP contribution in [0.25, 0.3) is 22.3 Å². The number of rotatable bonds is 6. The van der Waals surface area contributed by atoms with Gasteiger partial charge in [0.15, 0.2) is 17.1 Å². The van der Waals surface area contributed by atoms with Gasteiger partial charge in [-0.1, -0.05) is 13.8 Å². The number of nitrogens with one attached hydrogen (secondary N) is 1. The van der Waals surface area contributed by atoms with Crippen molar-refractivity contribution in [1.29, 1.82) is 0 Å². The molecule has 2 aromatic heterocycles. The summed E-state index contributed by atoms with van der Waals surface area (Å²) < 4.78 is 16.8. The Balaban J connectivity index is 2.41. The molecule has 0 saturated heterocycles. The highest BCUT2D eigenvalue weighted by Gasteiger charge is 2.21. The zero-order chi connectivity index (χ0) is 22.0. The second-order valence-electron chi connectivity index (χ2n) is 7.08. The van der Waals surface area contributed by atoms with E-state index in [1.807, 2.05) is 13.8 Å². The van der Waals surface area contributed by atoms with Crippen molar-refractivity contribution in [3.63, 3.8) is 0 Å². The number of esters is 1. The number of aromatic amines is 1. The van der Waals surface area contributed by atoms with E-state index in [9.17, 15) is 14.4 Å². The van der Waals surface area contributed by atoms with Crippen molar-refractivity contribution in [2.24, 2.45) is 5.92 Å². The Kier molecular flexibility index (Phi) is 5.91. The van der Waals surface area contributed by atoms with E-state index in [-0.39, 0.29) is 22.5 Å². The fourth-order valence-electron chi connectivity index (χ4n) is 3.22. The van der Waals surface area contributed by atoms with Crippen LogP contribution in [0.2, 0.25) is 0 Å². The number of hydrogen-bond donors (Lipinski definition) is 1. The van der Waals surface area contributed by atoms with Crippen LogP contribution >= 0.6 is 0 Å². The maximum atomic E-state index is 12.6. The maximum Gasteiger partial charge on any atom is 0.338 e. The van der Waals surface area contributed by atoms with Crippen LogP contribution in [0, 0.1) is 5.92 Å². The molecule has 158 valence electrons. The summed E-state index contributed by atoms with van der Waals surface area (Å²) in [4.78, 5) is 44.3. The van der Waals surface area contributed by atoms with Crippen molar-refractivity contribution in [1.82, 2.24) is 14.5 Å². The van der Waals surface area contributed by atoms with Crippen molar-refractivity contribution in [2.45, 2.75) is 20.4 Å². The Labute approximate surface area is 172 Å². The lowest BCUT2D eigenvalue weighted by atomic mass is 10.1. The molecule has 0 spiro atoms. The molecule has 3 aromatic rings. The number of benzene rings is 1. The Morgan fingerprint density at radius 1 is 1.10 bits per heavy atom. The lowest BCUT2D eigenvalue weighted by Gasteiger charge is -2.15. The fourth-order valence-corrected chi connectivity index (χ4v) is 3.22. The molecule has 1 N–H and O–H groups in total. The first-order chi connectivity index (χ1) is 14.3. The molecule has 30 heavy (non-hydrogen) atoms. The van der Waals surface area contributed by atoms with Gasteiger partial charge in [0.2, 0.25) is 0 Å². The van der Waals surface area contributed by atoms with Crippen molar-refractivity contribution in [2.75, 3.05) is 21.3 Å². The molecular weight excluding hydrogens is 390 g/mol. The number of carbonyl (C=O) groups excluding carboxylic acids is 1. The van der Waals surface area contributed by atoms with Crippen LogP contribution in [0.4, 0.5) is 0 Å². The van der Waals surface area contributed by atoms with Gasteiger partial charge in [-0.15, -0.1) is 0 Å². The molecule has 1 aromatic carbocycles. The topological polar surface area (TPSA) is 113 Å². The van der Waals surface area contributed by atoms with E-state index in [1.54, 1.807) is 18.2 Å². The quantitative estimate of drug-likeness (QED) is 0.617. The van der Waals surface area contributed by atoms with Gasteiger partial charge in [0.05, 0.1) is 38.0 Å². The zero-order valence-electron chi connectivity index (χ0n) is 17.4. The number of carbonyl (C=O) groups is 1. The fraction of sp³-hybridized carbons (Fsp3) is 0.333. The summed E-state index contributed by atoms with van der Waals surface area (Å²) in [6.07, 6.45) is 0. The minimum Gasteiger partial charge on any atom is -0.493 e. The third-order valence-electron chi connectivity index (χ3n) is 4.58. The van der Waals surface area contributed by atoms with Crippen LogP contribution in [0.5, 0.6) is 11.5 Å². The minimum absolute atomic E-state index is 0.00586. The Hall–Kier alpha value is -3.62. The third kappa shape index (κ3) is 3.78. The van der Waals surface area contributed by atoms with Gasteiger partial charge in [-0.3, -0.25) is 14.3 Å². The van der Waals surface area contributed by atoms with E-state index in [2.05, 4.69) is 9.97 Å². The SMILES string of the molecule is COC(=O)c1cc(-c2ccc(OC)c(OC)c2)nc2c1c(=O)[nH]c(=O)n2CC(C)C. The van der Waals surface area contributed by atoms with Crippen molar-refractivity contribution in [3.8, 4) is 22.8 Å². The molecule has 0 amide bonds. The summed E-state index contributed by atoms with van der Waals surface area (Å²) in [5, 5.41) is 0.00586. The minimum atomic E-state index is -0.704. The van der Waals surface area contributed by atoms with Crippen molar-refractivity contribution >= 4 is 17.0 Å². The van der Waals surface area contributed by atoms with Gasteiger partial charge in [-0.25, -0.2) is 14.6 Å². The molecule has 0 radical (unpaired) electrons. The predicted molar refractivity (Wildman–Crippen MR) is 111 cm³/mol. The first-order valence-corrected chi connectivity index (χ1v) is 9.29. The summed E-state index contributed by atoms with van der Waals surface area (Å²) in [5.41, 5.74) is -0.151. The van der Waals surface area contributed by atoms with Gasteiger partial charge in [0.1, 0.15) is 0 Å². The number of nitrogens with zero attached hydrogens (tertiary/aromatic N) is 2. The van der Waals surface area contributed by atoms with E-state index < -0.39 is 17.2 Å². The molecule has 0 atom stereocenters. The van der Waals surface area contributed by atoms with E-state index in [0.717, 1.165) is 0 Å². The highest BCUT2D eigenvalue weighted by Crippen LogP contribution is 2.32. The highest BCUT2D eigenvalue weighted by molar-refractivity contribution is 6.03. The molecule has 9 nitrogen and oxygen atoms in total. The average Bonchev–Trinajstić information content (AvgIpc) is 2.74. The van der Waals surface area contributed by atoms with E-state index in [1.165, 1.54) is 32.0 Å². The predicted octanol–water partition coefficient (Wildman–Crippen LogP) is 2.21. The van der Waals surface area contributed by atoms with E-state index in [0.29, 0.717) is 29.3 Å². The summed E-state index contributed by atoms with van der Waals surface area (Å²) >= 11 is 0. The van der Waals surface area contributed by atoms with Crippen LogP contribution in [0.15, 0.2) is 33.9 Å². The molecule has 0 saturated carbocycles. The monoisotopic (exact) mass is 413 g/mol. The zero-order valence-corrected chi connectivity index (χ0v) is 17.4. The van der Waals surface area contributed by atoms with Crippen LogP contribution in [0.3, 0.4) is 0 Å². The summed E-state index contributed by atoms with van der Waals surface area (Å²) in [7, 11) is 4.26. The van der Waals surface area contributed by atoms with Gasteiger partial charge < -0.3 is 14.2 Å². The van der Waals surface area contributed by atoms with Crippen LogP contribution in [-0.4, -0.2) is 41.8 Å². The number of pyridine rings is 1. The Morgan fingerprint density at radius 2 is 1.80 bits per heavy atom. The smallest absolute Gasteiger partial charge is 0.338 e. The maximum absolute atomic E-state index is 12.6. The summed E-state index contributed by atoms with van der Waals surface area (Å²) in [6.45, 7) is 4.18. The van der Waals surface area contributed by atoms with Crippen LogP contribution in [-0.2, 0) is 11.3 Å². The van der Waals surface area contributed by atoms with Crippen LogP contribution in [0.1, 0.15) is 24.2 Å². The second-order valence-corrected chi connectivity index (χ2v) is 7.08. The number of methoxy groups -OCH3 is 3. The van der Waals surface area contributed by atoms with Gasteiger partial charge in [0, 0.05) is 12.1 Å². The Morgan fingerprint density at radius 3 is 2.40 bits per heavy atom. The highest BCUT2D eigenvalue weighted by atomic mass is 16.5. The van der Waals surface area contributed by atoms with Crippen molar-refractivity contribution < 1.29 is 19.0 Å². The normalized spacial score (nSPS) is 11.0.